The number of carbonyl (C=O) groups is 1. The van der Waals surface area contributed by atoms with Gasteiger partial charge >= 0.3 is 0 Å². The number of likely N-dealkylation sites (tertiary alicyclic amines) is 1. The predicted octanol–water partition coefficient (Wildman–Crippen LogP) is 4.12. The van der Waals surface area contributed by atoms with Crippen LogP contribution in [0.15, 0.2) is 61.2 Å². The van der Waals surface area contributed by atoms with E-state index in [9.17, 15) is 9.18 Å². The fourth-order valence-electron chi connectivity index (χ4n) is 4.42. The van der Waals surface area contributed by atoms with Gasteiger partial charge in [-0.05, 0) is 43.5 Å². The number of nitrogens with one attached hydrogen (secondary N) is 1. The first-order chi connectivity index (χ1) is 14.6. The third-order valence-electron chi connectivity index (χ3n) is 5.93. The molecule has 2 atom stereocenters. The quantitative estimate of drug-likeness (QED) is 0.557. The molecule has 0 unspecified atom stereocenters. The molecule has 152 valence electrons. The molecule has 7 heteroatoms. The van der Waals surface area contributed by atoms with Crippen LogP contribution in [0.5, 0.6) is 0 Å². The molecular formula is C23H22FN5O. The number of pyridine rings is 1. The van der Waals surface area contributed by atoms with Gasteiger partial charge in [0.25, 0.3) is 5.91 Å². The highest BCUT2D eigenvalue weighted by Gasteiger charge is 2.34. The number of H-pyrrole nitrogens is 1. The van der Waals surface area contributed by atoms with Crippen molar-refractivity contribution in [1.82, 2.24) is 24.6 Å². The van der Waals surface area contributed by atoms with Crippen LogP contribution >= 0.6 is 0 Å². The Balaban J connectivity index is 1.33. The van der Waals surface area contributed by atoms with Crippen molar-refractivity contribution in [3.63, 3.8) is 0 Å². The van der Waals surface area contributed by atoms with E-state index < -0.39 is 5.82 Å². The molecule has 1 saturated heterocycles. The molecule has 1 amide bonds. The number of hydrogen-bond donors (Lipinski definition) is 1. The molecule has 1 fully saturated rings. The molecule has 1 aliphatic heterocycles. The predicted molar refractivity (Wildman–Crippen MR) is 112 cm³/mol. The van der Waals surface area contributed by atoms with Crippen LogP contribution in [0, 0.1) is 11.7 Å². The highest BCUT2D eigenvalue weighted by Crippen LogP contribution is 2.29. The minimum atomic E-state index is -0.464. The summed E-state index contributed by atoms with van der Waals surface area (Å²) in [7, 11) is 0. The van der Waals surface area contributed by atoms with Gasteiger partial charge in [-0.25, -0.2) is 4.39 Å². The van der Waals surface area contributed by atoms with E-state index >= 15 is 0 Å². The molecule has 0 radical (unpaired) electrons. The Bertz CT molecular complexity index is 1200. The Hall–Kier alpha value is -3.48. The SMILES string of the molecule is C[C@@H]1C[C@H](Cn2ccc3cc(-c4cn[nH]c4)ncc32)CN1C(=O)c1ccccc1F. The van der Waals surface area contributed by atoms with Crippen LogP contribution in [0.3, 0.4) is 0 Å². The largest absolute Gasteiger partial charge is 0.346 e. The summed E-state index contributed by atoms with van der Waals surface area (Å²) in [6.45, 7) is 3.45. The van der Waals surface area contributed by atoms with E-state index in [0.29, 0.717) is 12.5 Å². The molecule has 1 aromatic carbocycles. The number of nitrogens with zero attached hydrogens (tertiary/aromatic N) is 4. The van der Waals surface area contributed by atoms with Crippen molar-refractivity contribution < 1.29 is 9.18 Å². The third kappa shape index (κ3) is 3.26. The van der Waals surface area contributed by atoms with Crippen LogP contribution in [-0.2, 0) is 6.54 Å². The molecule has 6 nitrogen and oxygen atoms in total. The summed E-state index contributed by atoms with van der Waals surface area (Å²) in [5.74, 6) is -0.388. The van der Waals surface area contributed by atoms with E-state index in [1.165, 1.54) is 6.07 Å². The highest BCUT2D eigenvalue weighted by atomic mass is 19.1. The topological polar surface area (TPSA) is 66.8 Å². The summed E-state index contributed by atoms with van der Waals surface area (Å²) in [4.78, 5) is 19.2. The molecular weight excluding hydrogens is 381 g/mol. The monoisotopic (exact) mass is 403 g/mol. The molecule has 5 rings (SSSR count). The summed E-state index contributed by atoms with van der Waals surface area (Å²) in [5, 5.41) is 7.91. The number of rotatable bonds is 4. The molecule has 0 saturated carbocycles. The second-order valence-electron chi connectivity index (χ2n) is 7.97. The molecule has 1 N–H and O–H groups in total. The summed E-state index contributed by atoms with van der Waals surface area (Å²) in [6.07, 6.45) is 8.43. The number of aromatic amines is 1. The van der Waals surface area contributed by atoms with Gasteiger partial charge in [0, 0.05) is 42.5 Å². The van der Waals surface area contributed by atoms with E-state index in [1.54, 1.807) is 29.3 Å². The fourth-order valence-corrected chi connectivity index (χ4v) is 4.42. The number of carbonyl (C=O) groups excluding carboxylic acids is 1. The Labute approximate surface area is 173 Å². The van der Waals surface area contributed by atoms with Gasteiger partial charge in [-0.1, -0.05) is 12.1 Å². The van der Waals surface area contributed by atoms with Crippen molar-refractivity contribution >= 4 is 16.8 Å². The lowest BCUT2D eigenvalue weighted by Gasteiger charge is -2.22. The number of fused-ring (bicyclic) bond motifs is 1. The second-order valence-corrected chi connectivity index (χ2v) is 7.97. The number of hydrogen-bond acceptors (Lipinski definition) is 3. The van der Waals surface area contributed by atoms with E-state index in [0.717, 1.165) is 35.1 Å². The summed E-state index contributed by atoms with van der Waals surface area (Å²) in [6, 6.07) is 10.4. The summed E-state index contributed by atoms with van der Waals surface area (Å²) < 4.78 is 16.3. The van der Waals surface area contributed by atoms with Crippen molar-refractivity contribution in [3.05, 3.63) is 72.6 Å². The molecule has 30 heavy (non-hydrogen) atoms. The fraction of sp³-hybridized carbons (Fsp3) is 0.261. The van der Waals surface area contributed by atoms with E-state index in [2.05, 4.69) is 38.1 Å². The number of halogens is 1. The van der Waals surface area contributed by atoms with Gasteiger partial charge in [0.15, 0.2) is 0 Å². The van der Waals surface area contributed by atoms with Gasteiger partial charge in [-0.15, -0.1) is 0 Å². The van der Waals surface area contributed by atoms with Crippen molar-refractivity contribution in [2.75, 3.05) is 6.54 Å². The first-order valence-electron chi connectivity index (χ1n) is 10.1. The Morgan fingerprint density at radius 3 is 2.93 bits per heavy atom. The zero-order chi connectivity index (χ0) is 20.7. The maximum Gasteiger partial charge on any atom is 0.257 e. The molecule has 4 aromatic rings. The van der Waals surface area contributed by atoms with Crippen molar-refractivity contribution in [2.45, 2.75) is 25.9 Å². The second kappa shape index (κ2) is 7.40. The van der Waals surface area contributed by atoms with Crippen LogP contribution in [0.1, 0.15) is 23.7 Å². The smallest absolute Gasteiger partial charge is 0.257 e. The van der Waals surface area contributed by atoms with Gasteiger partial charge in [0.1, 0.15) is 5.82 Å². The van der Waals surface area contributed by atoms with Crippen molar-refractivity contribution in [3.8, 4) is 11.3 Å². The average molecular weight is 403 g/mol. The maximum atomic E-state index is 14.1. The van der Waals surface area contributed by atoms with Crippen molar-refractivity contribution in [2.24, 2.45) is 5.92 Å². The number of benzene rings is 1. The maximum absolute atomic E-state index is 14.1. The summed E-state index contributed by atoms with van der Waals surface area (Å²) >= 11 is 0. The molecule has 0 spiro atoms. The highest BCUT2D eigenvalue weighted by molar-refractivity contribution is 5.94. The summed E-state index contributed by atoms with van der Waals surface area (Å²) in [5.41, 5.74) is 3.04. The van der Waals surface area contributed by atoms with Gasteiger partial charge in [-0.3, -0.25) is 14.9 Å². The standard InChI is InChI=1S/C23H22FN5O/c1-15-8-16(14-29(15)23(30)19-4-2-3-5-20(19)24)13-28-7-6-17-9-21(25-12-22(17)28)18-10-26-27-11-18/h2-7,9-12,15-16H,8,13-14H2,1H3,(H,26,27)/t15-,16-/m1/s1. The zero-order valence-electron chi connectivity index (χ0n) is 16.6. The Kier molecular flexibility index (Phi) is 4.58. The molecule has 4 heterocycles. The Morgan fingerprint density at radius 1 is 1.27 bits per heavy atom. The number of aromatic nitrogens is 4. The van der Waals surface area contributed by atoms with Crippen molar-refractivity contribution in [1.29, 1.82) is 0 Å². The van der Waals surface area contributed by atoms with Gasteiger partial charge in [0.05, 0.1) is 29.2 Å². The lowest BCUT2D eigenvalue weighted by Crippen LogP contribution is -2.34. The first-order valence-corrected chi connectivity index (χ1v) is 10.1. The van der Waals surface area contributed by atoms with Crippen LogP contribution in [0.4, 0.5) is 4.39 Å². The lowest BCUT2D eigenvalue weighted by atomic mass is 10.1. The zero-order valence-corrected chi connectivity index (χ0v) is 16.6. The van der Waals surface area contributed by atoms with Gasteiger partial charge in [-0.2, -0.15) is 5.10 Å². The molecule has 3 aromatic heterocycles. The van der Waals surface area contributed by atoms with Crippen LogP contribution in [-0.4, -0.2) is 43.1 Å². The van der Waals surface area contributed by atoms with Crippen LogP contribution in [0.25, 0.3) is 22.2 Å². The third-order valence-corrected chi connectivity index (χ3v) is 5.93. The minimum Gasteiger partial charge on any atom is -0.346 e. The van der Waals surface area contributed by atoms with Gasteiger partial charge < -0.3 is 9.47 Å². The van der Waals surface area contributed by atoms with E-state index in [4.69, 9.17) is 0 Å². The molecule has 1 aliphatic rings. The lowest BCUT2D eigenvalue weighted by molar-refractivity contribution is 0.0737. The van der Waals surface area contributed by atoms with Gasteiger partial charge in [0.2, 0.25) is 0 Å². The van der Waals surface area contributed by atoms with E-state index in [1.807, 2.05) is 19.3 Å². The first kappa shape index (κ1) is 18.5. The normalized spacial score (nSPS) is 18.9. The number of amides is 1. The van der Waals surface area contributed by atoms with E-state index in [-0.39, 0.29) is 17.5 Å². The molecule has 0 aliphatic carbocycles. The minimum absolute atomic E-state index is 0.0785. The molecule has 0 bridgehead atoms. The van der Waals surface area contributed by atoms with Crippen LogP contribution in [0.2, 0.25) is 0 Å². The Morgan fingerprint density at radius 2 is 2.13 bits per heavy atom. The average Bonchev–Trinajstić information content (AvgIpc) is 3.48. The van der Waals surface area contributed by atoms with Crippen LogP contribution < -0.4 is 0 Å².